The van der Waals surface area contributed by atoms with Crippen molar-refractivity contribution in [3.8, 4) is 0 Å². The molecule has 1 heterocycles. The molecule has 2 aromatic carbocycles. The quantitative estimate of drug-likeness (QED) is 0.508. The molecule has 0 atom stereocenters. The van der Waals surface area contributed by atoms with E-state index in [9.17, 15) is 14.0 Å². The minimum atomic E-state index is -0.372. The van der Waals surface area contributed by atoms with Gasteiger partial charge in [-0.2, -0.15) is 0 Å². The summed E-state index contributed by atoms with van der Waals surface area (Å²) in [5.74, 6) is -0.853. The number of carbonyl (C=O) groups excluding carboxylic acids is 2. The van der Waals surface area contributed by atoms with E-state index in [4.69, 9.17) is 12.2 Å². The van der Waals surface area contributed by atoms with Gasteiger partial charge in [-0.25, -0.2) is 4.39 Å². The summed E-state index contributed by atoms with van der Waals surface area (Å²) >= 11 is 9.90. The lowest BCUT2D eigenvalue weighted by molar-refractivity contribution is -0.122. The van der Waals surface area contributed by atoms with Crippen molar-refractivity contribution in [2.24, 2.45) is 0 Å². The third-order valence-corrected chi connectivity index (χ3v) is 5.58. The second-order valence-corrected chi connectivity index (χ2v) is 8.28. The number of halogens is 2. The molecule has 2 aromatic rings. The molecule has 1 saturated heterocycles. The zero-order chi connectivity index (χ0) is 19.4. The first-order valence-electron chi connectivity index (χ1n) is 7.99. The molecule has 0 unspecified atom stereocenters. The predicted molar refractivity (Wildman–Crippen MR) is 114 cm³/mol. The average molecular weight is 465 g/mol. The van der Waals surface area contributed by atoms with Crippen LogP contribution in [0.3, 0.4) is 0 Å². The normalized spacial score (nSPS) is 15.5. The van der Waals surface area contributed by atoms with Gasteiger partial charge in [0.1, 0.15) is 10.1 Å². The molecule has 1 aliphatic heterocycles. The second-order valence-electron chi connectivity index (χ2n) is 5.69. The van der Waals surface area contributed by atoms with Crippen molar-refractivity contribution in [3.05, 3.63) is 69.3 Å². The Morgan fingerprint density at radius 1 is 1.26 bits per heavy atom. The molecule has 0 aliphatic carbocycles. The molecule has 27 heavy (non-hydrogen) atoms. The van der Waals surface area contributed by atoms with Crippen LogP contribution in [0, 0.1) is 5.82 Å². The number of benzene rings is 2. The number of amides is 2. The zero-order valence-electron chi connectivity index (χ0n) is 13.9. The van der Waals surface area contributed by atoms with Gasteiger partial charge >= 0.3 is 0 Å². The van der Waals surface area contributed by atoms with Gasteiger partial charge in [0.15, 0.2) is 0 Å². The molecule has 1 fully saturated rings. The Bertz CT molecular complexity index is 932. The van der Waals surface area contributed by atoms with E-state index in [1.54, 1.807) is 6.08 Å². The summed E-state index contributed by atoms with van der Waals surface area (Å²) < 4.78 is 14.2. The van der Waals surface area contributed by atoms with Crippen molar-refractivity contribution in [2.45, 2.75) is 6.42 Å². The van der Waals surface area contributed by atoms with Crippen molar-refractivity contribution < 1.29 is 14.0 Å². The molecule has 2 amide bonds. The maximum atomic E-state index is 12.9. The highest BCUT2D eigenvalue weighted by Crippen LogP contribution is 2.33. The molecular formula is C19H14BrFN2O2S2. The van der Waals surface area contributed by atoms with E-state index in [2.05, 4.69) is 21.2 Å². The molecule has 0 saturated carbocycles. The predicted octanol–water partition coefficient (Wildman–Crippen LogP) is 4.82. The number of carbonyl (C=O) groups is 2. The lowest BCUT2D eigenvalue weighted by Crippen LogP contribution is -2.31. The Kier molecular flexibility index (Phi) is 6.41. The van der Waals surface area contributed by atoms with Crippen molar-refractivity contribution in [1.29, 1.82) is 0 Å². The second kappa shape index (κ2) is 8.77. The fourth-order valence-electron chi connectivity index (χ4n) is 2.41. The summed E-state index contributed by atoms with van der Waals surface area (Å²) in [5.41, 5.74) is 1.39. The van der Waals surface area contributed by atoms with Gasteiger partial charge in [0.05, 0.1) is 4.91 Å². The molecule has 3 rings (SSSR count). The maximum Gasteiger partial charge on any atom is 0.266 e. The van der Waals surface area contributed by atoms with Crippen LogP contribution in [0.4, 0.5) is 10.1 Å². The molecule has 0 radical (unpaired) electrons. The molecule has 8 heteroatoms. The highest BCUT2D eigenvalue weighted by atomic mass is 79.9. The molecule has 0 spiro atoms. The third-order valence-electron chi connectivity index (χ3n) is 3.71. The molecule has 138 valence electrons. The van der Waals surface area contributed by atoms with Crippen LogP contribution in [0.1, 0.15) is 12.0 Å². The minimum Gasteiger partial charge on any atom is -0.326 e. The highest BCUT2D eigenvalue weighted by Gasteiger charge is 2.32. The highest BCUT2D eigenvalue weighted by molar-refractivity contribution is 9.10. The monoisotopic (exact) mass is 464 g/mol. The molecule has 1 aliphatic rings. The summed E-state index contributed by atoms with van der Waals surface area (Å²) in [6.45, 7) is 0.188. The fourth-order valence-corrected chi connectivity index (χ4v) is 4.14. The first-order chi connectivity index (χ1) is 12.9. The standard InChI is InChI=1S/C19H14BrFN2O2S2/c20-13-3-1-2-12(10-13)11-16-18(25)23(19(26)27-16)9-8-17(24)22-15-6-4-14(21)5-7-15/h1-7,10-11H,8-9H2,(H,22,24)/b16-11-. The van der Waals surface area contributed by atoms with Crippen LogP contribution in [0.25, 0.3) is 6.08 Å². The van der Waals surface area contributed by atoms with Gasteiger partial charge in [-0.15, -0.1) is 0 Å². The van der Waals surface area contributed by atoms with Crippen LogP contribution < -0.4 is 5.32 Å². The summed E-state index contributed by atoms with van der Waals surface area (Å²) in [6, 6.07) is 13.1. The van der Waals surface area contributed by atoms with E-state index in [0.29, 0.717) is 14.9 Å². The van der Waals surface area contributed by atoms with Gasteiger partial charge in [-0.05, 0) is 48.0 Å². The number of nitrogens with zero attached hydrogens (tertiary/aromatic N) is 1. The molecular weight excluding hydrogens is 451 g/mol. The summed E-state index contributed by atoms with van der Waals surface area (Å²) in [5, 5.41) is 2.67. The summed E-state index contributed by atoms with van der Waals surface area (Å²) in [4.78, 5) is 26.6. The number of anilines is 1. The average Bonchev–Trinajstić information content (AvgIpc) is 2.88. The van der Waals surface area contributed by atoms with E-state index in [0.717, 1.165) is 10.0 Å². The van der Waals surface area contributed by atoms with Crippen molar-refractivity contribution in [1.82, 2.24) is 4.90 Å². The van der Waals surface area contributed by atoms with E-state index < -0.39 is 0 Å². The Hall–Kier alpha value is -2.03. The minimum absolute atomic E-state index is 0.0913. The smallest absolute Gasteiger partial charge is 0.266 e. The largest absolute Gasteiger partial charge is 0.326 e. The maximum absolute atomic E-state index is 12.9. The number of hydrogen-bond donors (Lipinski definition) is 1. The number of hydrogen-bond acceptors (Lipinski definition) is 4. The first-order valence-corrected chi connectivity index (χ1v) is 10.0. The van der Waals surface area contributed by atoms with Crippen LogP contribution in [-0.2, 0) is 9.59 Å². The van der Waals surface area contributed by atoms with Crippen LogP contribution >= 0.6 is 39.9 Å². The topological polar surface area (TPSA) is 49.4 Å². The zero-order valence-corrected chi connectivity index (χ0v) is 17.2. The van der Waals surface area contributed by atoms with Gasteiger partial charge in [-0.3, -0.25) is 14.5 Å². The molecule has 4 nitrogen and oxygen atoms in total. The number of thiocarbonyl (C=S) groups is 1. The lowest BCUT2D eigenvalue weighted by atomic mass is 10.2. The Morgan fingerprint density at radius 2 is 2.00 bits per heavy atom. The SMILES string of the molecule is O=C(CCN1C(=O)/C(=C/c2cccc(Br)c2)SC1=S)Nc1ccc(F)cc1. The van der Waals surface area contributed by atoms with Gasteiger partial charge in [-0.1, -0.05) is 52.0 Å². The summed E-state index contributed by atoms with van der Waals surface area (Å²) in [7, 11) is 0. The number of thioether (sulfide) groups is 1. The van der Waals surface area contributed by atoms with E-state index >= 15 is 0 Å². The number of rotatable bonds is 5. The van der Waals surface area contributed by atoms with Crippen LogP contribution in [0.5, 0.6) is 0 Å². The first kappa shape index (κ1) is 19.7. The lowest BCUT2D eigenvalue weighted by Gasteiger charge is -2.14. The molecule has 0 aromatic heterocycles. The van der Waals surface area contributed by atoms with E-state index in [-0.39, 0.29) is 30.6 Å². The van der Waals surface area contributed by atoms with Crippen molar-refractivity contribution in [2.75, 3.05) is 11.9 Å². The Morgan fingerprint density at radius 3 is 2.70 bits per heavy atom. The van der Waals surface area contributed by atoms with Gasteiger partial charge in [0.2, 0.25) is 5.91 Å². The van der Waals surface area contributed by atoms with Gasteiger partial charge < -0.3 is 5.32 Å². The summed E-state index contributed by atoms with van der Waals surface area (Å²) in [6.07, 6.45) is 1.87. The van der Waals surface area contributed by atoms with Crippen molar-refractivity contribution in [3.63, 3.8) is 0 Å². The third kappa shape index (κ3) is 5.24. The van der Waals surface area contributed by atoms with Crippen LogP contribution in [-0.4, -0.2) is 27.6 Å². The molecule has 0 bridgehead atoms. The molecule has 1 N–H and O–H groups in total. The Balaban J connectivity index is 1.60. The van der Waals surface area contributed by atoms with Crippen LogP contribution in [0.2, 0.25) is 0 Å². The fraction of sp³-hybridized carbons (Fsp3) is 0.105. The Labute approximate surface area is 173 Å². The van der Waals surface area contributed by atoms with Crippen LogP contribution in [0.15, 0.2) is 57.9 Å². The van der Waals surface area contributed by atoms with Gasteiger partial charge in [0, 0.05) is 23.1 Å². The van der Waals surface area contributed by atoms with E-state index in [1.807, 2.05) is 24.3 Å². The van der Waals surface area contributed by atoms with E-state index in [1.165, 1.54) is 40.9 Å². The number of nitrogens with one attached hydrogen (secondary N) is 1. The van der Waals surface area contributed by atoms with Crippen molar-refractivity contribution >= 4 is 67.8 Å². The van der Waals surface area contributed by atoms with Gasteiger partial charge in [0.25, 0.3) is 5.91 Å².